The van der Waals surface area contributed by atoms with Crippen molar-refractivity contribution in [2.45, 2.75) is 19.4 Å². The molecule has 0 radical (unpaired) electrons. The van der Waals surface area contributed by atoms with Gasteiger partial charge in [-0.25, -0.2) is 9.07 Å². The second-order valence-electron chi connectivity index (χ2n) is 7.44. The van der Waals surface area contributed by atoms with E-state index in [1.165, 1.54) is 12.1 Å². The molecule has 1 aliphatic heterocycles. The largest absolute Gasteiger partial charge is 0.497 e. The molecule has 1 aliphatic rings. The van der Waals surface area contributed by atoms with Gasteiger partial charge in [0.2, 0.25) is 0 Å². The lowest BCUT2D eigenvalue weighted by Crippen LogP contribution is -2.38. The van der Waals surface area contributed by atoms with Gasteiger partial charge in [-0.3, -0.25) is 9.69 Å². The molecule has 0 amide bonds. The molecule has 2 heterocycles. The van der Waals surface area contributed by atoms with E-state index < -0.39 is 0 Å². The Hall–Kier alpha value is -2.99. The first-order valence-electron chi connectivity index (χ1n) is 9.82. The van der Waals surface area contributed by atoms with E-state index in [4.69, 9.17) is 4.74 Å². The van der Waals surface area contributed by atoms with Crippen molar-refractivity contribution in [3.8, 4) is 11.4 Å². The molecule has 29 heavy (non-hydrogen) atoms. The van der Waals surface area contributed by atoms with E-state index in [0.717, 1.165) is 43.7 Å². The molecule has 150 valence electrons. The normalized spacial score (nSPS) is 17.2. The molecular formula is C23H24FN3O2. The number of nitrogens with zero attached hydrogens (tertiary/aromatic N) is 3. The van der Waals surface area contributed by atoms with Crippen molar-refractivity contribution < 1.29 is 13.9 Å². The highest BCUT2D eigenvalue weighted by Crippen LogP contribution is 2.24. The van der Waals surface area contributed by atoms with Gasteiger partial charge in [0.25, 0.3) is 0 Å². The van der Waals surface area contributed by atoms with Gasteiger partial charge in [0.1, 0.15) is 11.6 Å². The Morgan fingerprint density at radius 2 is 2.07 bits per heavy atom. The second-order valence-corrected chi connectivity index (χ2v) is 7.44. The van der Waals surface area contributed by atoms with Gasteiger partial charge in [0.15, 0.2) is 5.78 Å². The average Bonchev–Trinajstić information content (AvgIpc) is 3.22. The minimum absolute atomic E-state index is 0.0111. The Morgan fingerprint density at radius 1 is 1.24 bits per heavy atom. The fourth-order valence-corrected chi connectivity index (χ4v) is 3.86. The van der Waals surface area contributed by atoms with Crippen molar-refractivity contribution in [3.05, 3.63) is 77.9 Å². The van der Waals surface area contributed by atoms with E-state index in [9.17, 15) is 9.18 Å². The molecule has 6 heteroatoms. The van der Waals surface area contributed by atoms with E-state index in [1.54, 1.807) is 23.9 Å². The Balaban J connectivity index is 1.41. The quantitative estimate of drug-likeness (QED) is 0.591. The minimum Gasteiger partial charge on any atom is -0.497 e. The monoisotopic (exact) mass is 393 g/mol. The first kappa shape index (κ1) is 19.3. The highest BCUT2D eigenvalue weighted by atomic mass is 19.1. The van der Waals surface area contributed by atoms with Gasteiger partial charge < -0.3 is 4.74 Å². The maximum atomic E-state index is 13.1. The number of methoxy groups -OCH3 is 1. The number of Topliss-reactive ketones (excluding diaryl/α,β-unsaturated/α-hetero) is 1. The highest BCUT2D eigenvalue weighted by molar-refractivity contribution is 5.98. The molecule has 3 aromatic rings. The zero-order valence-corrected chi connectivity index (χ0v) is 16.4. The second kappa shape index (κ2) is 8.57. The SMILES string of the molecule is COc1cccc(C(=O)[C@@H]2CCCN(Cc3cnn(-c4ccc(F)cc4)c3)C2)c1. The smallest absolute Gasteiger partial charge is 0.167 e. The number of carbonyl (C=O) groups excluding carboxylic acids is 1. The van der Waals surface area contributed by atoms with Crippen LogP contribution in [0, 0.1) is 11.7 Å². The Kier molecular flexibility index (Phi) is 5.71. The molecule has 1 aromatic heterocycles. The van der Waals surface area contributed by atoms with E-state index in [2.05, 4.69) is 10.00 Å². The summed E-state index contributed by atoms with van der Waals surface area (Å²) in [6, 6.07) is 13.6. The van der Waals surface area contributed by atoms with Gasteiger partial charge in [-0.15, -0.1) is 0 Å². The molecule has 0 aliphatic carbocycles. The molecule has 0 N–H and O–H groups in total. The fraction of sp³-hybridized carbons (Fsp3) is 0.304. The van der Waals surface area contributed by atoms with Gasteiger partial charge in [-0.2, -0.15) is 5.10 Å². The average molecular weight is 393 g/mol. The predicted octanol–water partition coefficient (Wildman–Crippen LogP) is 4.11. The van der Waals surface area contributed by atoms with Gasteiger partial charge in [-0.1, -0.05) is 12.1 Å². The molecule has 5 nitrogen and oxygen atoms in total. The van der Waals surface area contributed by atoms with Crippen LogP contribution in [0.25, 0.3) is 5.69 Å². The molecule has 0 spiro atoms. The topological polar surface area (TPSA) is 47.4 Å². The van der Waals surface area contributed by atoms with Gasteiger partial charge >= 0.3 is 0 Å². The van der Waals surface area contributed by atoms with Crippen LogP contribution in [-0.2, 0) is 6.54 Å². The lowest BCUT2D eigenvalue weighted by atomic mass is 9.90. The number of likely N-dealkylation sites (tertiary alicyclic amines) is 1. The highest BCUT2D eigenvalue weighted by Gasteiger charge is 2.27. The third kappa shape index (κ3) is 4.54. The molecule has 1 saturated heterocycles. The van der Waals surface area contributed by atoms with Gasteiger partial charge in [-0.05, 0) is 55.8 Å². The standard InChI is InChI=1S/C23H24FN3O2/c1-29-22-6-2-4-18(12-22)23(28)19-5-3-11-26(16-19)14-17-13-25-27(15-17)21-9-7-20(24)8-10-21/h2,4,6-10,12-13,15,19H,3,5,11,14,16H2,1H3/t19-/m1/s1. The molecular weight excluding hydrogens is 369 g/mol. The summed E-state index contributed by atoms with van der Waals surface area (Å²) in [6.45, 7) is 2.43. The van der Waals surface area contributed by atoms with Crippen LogP contribution in [0.5, 0.6) is 5.75 Å². The number of carbonyl (C=O) groups is 1. The summed E-state index contributed by atoms with van der Waals surface area (Å²) in [6.07, 6.45) is 5.69. The van der Waals surface area contributed by atoms with E-state index >= 15 is 0 Å². The molecule has 0 saturated carbocycles. The zero-order valence-electron chi connectivity index (χ0n) is 16.4. The third-order valence-corrected chi connectivity index (χ3v) is 5.36. The van der Waals surface area contributed by atoms with Crippen molar-refractivity contribution in [1.82, 2.24) is 14.7 Å². The van der Waals surface area contributed by atoms with Crippen LogP contribution in [0.1, 0.15) is 28.8 Å². The number of ketones is 1. The van der Waals surface area contributed by atoms with Gasteiger partial charge in [0, 0.05) is 36.3 Å². The van der Waals surface area contributed by atoms with E-state index in [-0.39, 0.29) is 17.5 Å². The molecule has 0 bridgehead atoms. The van der Waals surface area contributed by atoms with Crippen LogP contribution in [0.3, 0.4) is 0 Å². The lowest BCUT2D eigenvalue weighted by molar-refractivity contribution is 0.0811. The summed E-state index contributed by atoms with van der Waals surface area (Å²) in [4.78, 5) is 15.3. The molecule has 1 fully saturated rings. The predicted molar refractivity (Wildman–Crippen MR) is 109 cm³/mol. The number of halogens is 1. The van der Waals surface area contributed by atoms with Crippen LogP contribution in [-0.4, -0.2) is 40.7 Å². The minimum atomic E-state index is -0.263. The maximum absolute atomic E-state index is 13.1. The number of piperidine rings is 1. The number of rotatable bonds is 6. The first-order valence-corrected chi connectivity index (χ1v) is 9.82. The van der Waals surface area contributed by atoms with Crippen LogP contribution >= 0.6 is 0 Å². The van der Waals surface area contributed by atoms with Crippen LogP contribution in [0.15, 0.2) is 60.9 Å². The number of ether oxygens (including phenoxy) is 1. The molecule has 2 aromatic carbocycles. The summed E-state index contributed by atoms with van der Waals surface area (Å²) >= 11 is 0. The summed E-state index contributed by atoms with van der Waals surface area (Å²) in [7, 11) is 1.61. The summed E-state index contributed by atoms with van der Waals surface area (Å²) in [5, 5.41) is 4.39. The van der Waals surface area contributed by atoms with Crippen molar-refractivity contribution in [3.63, 3.8) is 0 Å². The van der Waals surface area contributed by atoms with Gasteiger partial charge in [0.05, 0.1) is 19.0 Å². The Morgan fingerprint density at radius 3 is 2.86 bits per heavy atom. The van der Waals surface area contributed by atoms with Crippen molar-refractivity contribution in [2.24, 2.45) is 5.92 Å². The summed E-state index contributed by atoms with van der Waals surface area (Å²) in [5.74, 6) is 0.608. The first-order chi connectivity index (χ1) is 14.1. The summed E-state index contributed by atoms with van der Waals surface area (Å²) in [5.41, 5.74) is 2.60. The molecule has 4 rings (SSSR count). The summed E-state index contributed by atoms with van der Waals surface area (Å²) < 4.78 is 20.1. The van der Waals surface area contributed by atoms with E-state index in [0.29, 0.717) is 11.3 Å². The van der Waals surface area contributed by atoms with Crippen molar-refractivity contribution in [2.75, 3.05) is 20.2 Å². The Labute approximate surface area is 169 Å². The molecule has 1 atom stereocenters. The van der Waals surface area contributed by atoms with Crippen molar-refractivity contribution in [1.29, 1.82) is 0 Å². The van der Waals surface area contributed by atoms with Crippen LogP contribution in [0.2, 0.25) is 0 Å². The zero-order chi connectivity index (χ0) is 20.2. The number of benzene rings is 2. The van der Waals surface area contributed by atoms with Crippen LogP contribution in [0.4, 0.5) is 4.39 Å². The number of hydrogen-bond donors (Lipinski definition) is 0. The van der Waals surface area contributed by atoms with Crippen molar-refractivity contribution >= 4 is 5.78 Å². The number of aromatic nitrogens is 2. The van der Waals surface area contributed by atoms with E-state index in [1.807, 2.05) is 36.7 Å². The Bertz CT molecular complexity index is 984. The molecule has 0 unspecified atom stereocenters. The fourth-order valence-electron chi connectivity index (χ4n) is 3.86. The number of hydrogen-bond acceptors (Lipinski definition) is 4. The van der Waals surface area contributed by atoms with Crippen LogP contribution < -0.4 is 4.74 Å². The lowest BCUT2D eigenvalue weighted by Gasteiger charge is -2.31. The third-order valence-electron chi connectivity index (χ3n) is 5.36. The maximum Gasteiger partial charge on any atom is 0.167 e.